The molecule has 78 valence electrons. The van der Waals surface area contributed by atoms with Gasteiger partial charge < -0.3 is 4.90 Å². The third kappa shape index (κ3) is 7.76. The molecule has 1 rings (SSSR count). The topological polar surface area (TPSA) is 66.8 Å². The average Bonchev–Trinajstić information content (AvgIpc) is 2.56. The van der Waals surface area contributed by atoms with Crippen molar-refractivity contribution in [2.75, 3.05) is 20.2 Å². The first-order chi connectivity index (χ1) is 5.99. The van der Waals surface area contributed by atoms with Crippen molar-refractivity contribution in [2.24, 2.45) is 0 Å². The van der Waals surface area contributed by atoms with Crippen LogP contribution < -0.4 is 0 Å². The van der Waals surface area contributed by atoms with Crippen molar-refractivity contribution in [3.05, 3.63) is 12.3 Å². The van der Waals surface area contributed by atoms with E-state index in [1.807, 2.05) is 0 Å². The molecule has 6 heteroatoms. The van der Waals surface area contributed by atoms with Crippen LogP contribution in [0, 0.1) is 0 Å². The number of hydrogen-bond donors (Lipinski definition) is 1. The molecule has 1 N–H and O–H groups in total. The molecular formula is C7H15NO4S. The van der Waals surface area contributed by atoms with Crippen LogP contribution in [0.3, 0.4) is 0 Å². The van der Waals surface area contributed by atoms with Gasteiger partial charge >= 0.3 is 10.4 Å². The zero-order chi connectivity index (χ0) is 10.3. The van der Waals surface area contributed by atoms with Crippen molar-refractivity contribution in [1.82, 2.24) is 4.90 Å². The van der Waals surface area contributed by atoms with Gasteiger partial charge in [-0.05, 0) is 19.5 Å². The Kier molecular flexibility index (Phi) is 5.68. The van der Waals surface area contributed by atoms with Gasteiger partial charge in [-0.2, -0.15) is 8.42 Å². The summed E-state index contributed by atoms with van der Waals surface area (Å²) in [6.45, 7) is 4.57. The van der Waals surface area contributed by atoms with Crippen LogP contribution in [0.1, 0.15) is 13.3 Å². The highest BCUT2D eigenvalue weighted by molar-refractivity contribution is 7.80. The van der Waals surface area contributed by atoms with Crippen molar-refractivity contribution >= 4 is 10.4 Å². The van der Waals surface area contributed by atoms with Crippen LogP contribution in [-0.2, 0) is 14.6 Å². The predicted octanol–water partition coefficient (Wildman–Crippen LogP) is 0.661. The molecule has 1 heterocycles. The summed E-state index contributed by atoms with van der Waals surface area (Å²) in [5, 5.41) is 0. The first kappa shape index (κ1) is 12.4. The van der Waals surface area contributed by atoms with Crippen molar-refractivity contribution in [2.45, 2.75) is 13.3 Å². The van der Waals surface area contributed by atoms with Gasteiger partial charge in [0.1, 0.15) is 0 Å². The zero-order valence-corrected chi connectivity index (χ0v) is 8.62. The average molecular weight is 209 g/mol. The highest BCUT2D eigenvalue weighted by Gasteiger charge is 1.97. The van der Waals surface area contributed by atoms with Gasteiger partial charge in [0.05, 0.1) is 7.11 Å². The van der Waals surface area contributed by atoms with E-state index in [2.05, 4.69) is 28.3 Å². The molecule has 5 nitrogen and oxygen atoms in total. The molecule has 13 heavy (non-hydrogen) atoms. The number of nitrogens with zero attached hydrogens (tertiary/aromatic N) is 1. The Bertz CT molecular complexity index is 247. The van der Waals surface area contributed by atoms with E-state index >= 15 is 0 Å². The molecule has 0 saturated heterocycles. The Morgan fingerprint density at radius 3 is 2.31 bits per heavy atom. The fraction of sp³-hybridized carbons (Fsp3) is 0.714. The molecule has 0 spiro atoms. The van der Waals surface area contributed by atoms with E-state index in [1.54, 1.807) is 0 Å². The fourth-order valence-corrected chi connectivity index (χ4v) is 0.802. The lowest BCUT2D eigenvalue weighted by Gasteiger charge is -2.09. The molecule has 0 fully saturated rings. The molecule has 0 bridgehead atoms. The Morgan fingerprint density at radius 2 is 2.15 bits per heavy atom. The monoisotopic (exact) mass is 209 g/mol. The maximum absolute atomic E-state index is 9.33. The summed E-state index contributed by atoms with van der Waals surface area (Å²) in [6, 6.07) is 0. The van der Waals surface area contributed by atoms with E-state index in [-0.39, 0.29) is 0 Å². The highest BCUT2D eigenvalue weighted by atomic mass is 32.3. The van der Waals surface area contributed by atoms with Gasteiger partial charge in [-0.1, -0.05) is 6.08 Å². The maximum atomic E-state index is 9.33. The van der Waals surface area contributed by atoms with Gasteiger partial charge in [0.15, 0.2) is 0 Å². The second-order valence-corrected chi connectivity index (χ2v) is 3.59. The fourth-order valence-electron chi connectivity index (χ4n) is 0.802. The molecule has 0 saturated carbocycles. The van der Waals surface area contributed by atoms with Crippen LogP contribution in [0.2, 0.25) is 0 Å². The van der Waals surface area contributed by atoms with Gasteiger partial charge in [-0.3, -0.25) is 8.74 Å². The first-order valence-electron chi connectivity index (χ1n) is 3.93. The quantitative estimate of drug-likeness (QED) is 0.677. The van der Waals surface area contributed by atoms with Gasteiger partial charge in [0.25, 0.3) is 0 Å². The Morgan fingerprint density at radius 1 is 1.62 bits per heavy atom. The molecule has 0 amide bonds. The van der Waals surface area contributed by atoms with E-state index < -0.39 is 10.4 Å². The van der Waals surface area contributed by atoms with Crippen molar-refractivity contribution in [3.63, 3.8) is 0 Å². The summed E-state index contributed by atoms with van der Waals surface area (Å²) in [4.78, 5) is 2.31. The van der Waals surface area contributed by atoms with Gasteiger partial charge in [0.2, 0.25) is 0 Å². The van der Waals surface area contributed by atoms with Crippen LogP contribution >= 0.6 is 0 Å². The number of rotatable bonds is 2. The minimum Gasteiger partial charge on any atom is -0.378 e. The van der Waals surface area contributed by atoms with Crippen LogP contribution in [0.15, 0.2) is 12.3 Å². The van der Waals surface area contributed by atoms with Crippen molar-refractivity contribution < 1.29 is 17.2 Å². The van der Waals surface area contributed by atoms with E-state index in [0.29, 0.717) is 0 Å². The van der Waals surface area contributed by atoms with E-state index in [0.717, 1.165) is 13.7 Å². The van der Waals surface area contributed by atoms with Crippen LogP contribution in [-0.4, -0.2) is 38.1 Å². The van der Waals surface area contributed by atoms with Crippen LogP contribution in [0.4, 0.5) is 0 Å². The summed E-state index contributed by atoms with van der Waals surface area (Å²) < 4.78 is 29.7. The SMILES string of the molecule is CCN1C=CCC1.COS(=O)(=O)O. The second kappa shape index (κ2) is 5.95. The molecule has 0 radical (unpaired) electrons. The van der Waals surface area contributed by atoms with Gasteiger partial charge in [-0.15, -0.1) is 0 Å². The minimum absolute atomic E-state index is 0.870. The maximum Gasteiger partial charge on any atom is 0.397 e. The Hall–Kier alpha value is -0.590. The van der Waals surface area contributed by atoms with E-state index in [1.165, 1.54) is 13.0 Å². The zero-order valence-electron chi connectivity index (χ0n) is 7.80. The van der Waals surface area contributed by atoms with Crippen LogP contribution in [0.5, 0.6) is 0 Å². The molecule has 1 aliphatic rings. The van der Waals surface area contributed by atoms with E-state index in [9.17, 15) is 8.42 Å². The first-order valence-corrected chi connectivity index (χ1v) is 5.30. The standard InChI is InChI=1S/C6H11N.CH4O4S/c1-2-7-5-3-4-6-7;1-5-6(2,3)4/h3,5H,2,4,6H2,1H3;1H3,(H,2,3,4). The van der Waals surface area contributed by atoms with E-state index in [4.69, 9.17) is 4.55 Å². The lowest BCUT2D eigenvalue weighted by molar-refractivity contribution is 0.324. The summed E-state index contributed by atoms with van der Waals surface area (Å²) in [5.74, 6) is 0. The predicted molar refractivity (Wildman–Crippen MR) is 49.6 cm³/mol. The summed E-state index contributed by atoms with van der Waals surface area (Å²) in [6.07, 6.45) is 5.62. The van der Waals surface area contributed by atoms with Crippen LogP contribution in [0.25, 0.3) is 0 Å². The molecular weight excluding hydrogens is 194 g/mol. The molecule has 1 aliphatic heterocycles. The smallest absolute Gasteiger partial charge is 0.378 e. The molecule has 0 aromatic carbocycles. The summed E-state index contributed by atoms with van der Waals surface area (Å²) in [7, 11) is -3.29. The summed E-state index contributed by atoms with van der Waals surface area (Å²) >= 11 is 0. The highest BCUT2D eigenvalue weighted by Crippen LogP contribution is 2.00. The van der Waals surface area contributed by atoms with Crippen molar-refractivity contribution in [3.8, 4) is 0 Å². The van der Waals surface area contributed by atoms with Gasteiger partial charge in [0, 0.05) is 13.1 Å². The molecule has 0 atom stereocenters. The Labute approximate surface area is 79.0 Å². The second-order valence-electron chi connectivity index (χ2n) is 2.40. The lowest BCUT2D eigenvalue weighted by atomic mass is 10.5. The lowest BCUT2D eigenvalue weighted by Crippen LogP contribution is -2.12. The molecule has 0 unspecified atom stereocenters. The third-order valence-corrected chi connectivity index (χ3v) is 1.94. The van der Waals surface area contributed by atoms with Crippen molar-refractivity contribution in [1.29, 1.82) is 0 Å². The Balaban J connectivity index is 0.000000226. The minimum atomic E-state index is -4.16. The molecule has 0 aromatic rings. The molecule has 0 aliphatic carbocycles. The summed E-state index contributed by atoms with van der Waals surface area (Å²) in [5.41, 5.74) is 0. The van der Waals surface area contributed by atoms with Gasteiger partial charge in [-0.25, -0.2) is 0 Å². The normalized spacial score (nSPS) is 15.5. The number of hydrogen-bond acceptors (Lipinski definition) is 4. The third-order valence-electron chi connectivity index (χ3n) is 1.52. The largest absolute Gasteiger partial charge is 0.397 e. The molecule has 0 aromatic heterocycles.